The van der Waals surface area contributed by atoms with Crippen LogP contribution in [0.3, 0.4) is 0 Å². The number of benzene rings is 1. The van der Waals surface area contributed by atoms with Crippen molar-refractivity contribution in [3.63, 3.8) is 0 Å². The molecule has 0 spiro atoms. The first-order valence-corrected chi connectivity index (χ1v) is 10.2. The second-order valence-corrected chi connectivity index (χ2v) is 9.32. The van der Waals surface area contributed by atoms with Gasteiger partial charge in [-0.25, -0.2) is 0 Å². The van der Waals surface area contributed by atoms with E-state index in [4.69, 9.17) is 9.47 Å². The number of methoxy groups -OCH3 is 1. The average molecular weight is 373 g/mol. The van der Waals surface area contributed by atoms with Crippen LogP contribution in [-0.4, -0.2) is 19.0 Å². The van der Waals surface area contributed by atoms with Gasteiger partial charge in [-0.1, -0.05) is 52.7 Å². The molecule has 0 bridgehead atoms. The maximum absolute atomic E-state index is 12.8. The highest BCUT2D eigenvalue weighted by Gasteiger charge is 2.42. The minimum absolute atomic E-state index is 0.0975. The topological polar surface area (TPSA) is 52.6 Å². The van der Waals surface area contributed by atoms with E-state index in [1.807, 2.05) is 0 Å². The molecule has 0 aromatic heterocycles. The maximum Gasteiger partial charge on any atom is 0.319 e. The molecule has 1 aromatic carbocycles. The Bertz CT molecular complexity index is 729. The molecular formula is C23H32O4. The van der Waals surface area contributed by atoms with Gasteiger partial charge < -0.3 is 9.47 Å². The van der Waals surface area contributed by atoms with Gasteiger partial charge in [0.05, 0.1) is 13.0 Å². The molecule has 1 aliphatic carbocycles. The summed E-state index contributed by atoms with van der Waals surface area (Å²) >= 11 is 0. The highest BCUT2D eigenvalue weighted by atomic mass is 16.5. The minimum atomic E-state index is -0.210. The molecule has 4 nitrogen and oxygen atoms in total. The Kier molecular flexibility index (Phi) is 5.64. The number of hydrogen-bond donors (Lipinski definition) is 0. The highest BCUT2D eigenvalue weighted by Crippen LogP contribution is 2.49. The van der Waals surface area contributed by atoms with Gasteiger partial charge in [0.1, 0.15) is 5.75 Å². The van der Waals surface area contributed by atoms with Crippen LogP contribution in [0.5, 0.6) is 5.75 Å². The van der Waals surface area contributed by atoms with Crippen molar-refractivity contribution in [2.24, 2.45) is 11.8 Å². The Labute approximate surface area is 162 Å². The van der Waals surface area contributed by atoms with Crippen molar-refractivity contribution in [3.8, 4) is 5.75 Å². The summed E-state index contributed by atoms with van der Waals surface area (Å²) in [5.74, 6) is 1.30. The summed E-state index contributed by atoms with van der Waals surface area (Å²) in [6.45, 7) is 8.68. The molecule has 2 aliphatic rings. The Hall–Kier alpha value is -1.84. The van der Waals surface area contributed by atoms with Gasteiger partial charge in [0.25, 0.3) is 0 Å². The molecule has 148 valence electrons. The van der Waals surface area contributed by atoms with Crippen molar-refractivity contribution < 1.29 is 19.1 Å². The third-order valence-corrected chi connectivity index (χ3v) is 6.07. The molecule has 1 heterocycles. The standard InChI is InChI=1S/C23H32O4/c1-14-7-6-8-16(11-14)20-17-12-15(9-10-19(24)26-5)13-18(23(2,3)4)21(17)27-22(20)25/h12-14,16,20H,6-11H2,1-5H3. The van der Waals surface area contributed by atoms with Crippen LogP contribution >= 0.6 is 0 Å². The largest absolute Gasteiger partial charge is 0.469 e. The van der Waals surface area contributed by atoms with E-state index < -0.39 is 0 Å². The van der Waals surface area contributed by atoms with Gasteiger partial charge in [0, 0.05) is 17.5 Å². The van der Waals surface area contributed by atoms with Gasteiger partial charge in [-0.2, -0.15) is 0 Å². The fourth-order valence-electron chi connectivity index (χ4n) is 4.63. The lowest BCUT2D eigenvalue weighted by Crippen LogP contribution is -2.24. The van der Waals surface area contributed by atoms with Crippen LogP contribution in [0.4, 0.5) is 0 Å². The van der Waals surface area contributed by atoms with E-state index in [0.717, 1.165) is 35.3 Å². The third-order valence-electron chi connectivity index (χ3n) is 6.07. The number of hydrogen-bond acceptors (Lipinski definition) is 4. The molecule has 1 aromatic rings. The number of carbonyl (C=O) groups is 2. The molecule has 0 amide bonds. The lowest BCUT2D eigenvalue weighted by Gasteiger charge is -2.30. The van der Waals surface area contributed by atoms with Gasteiger partial charge in [0.15, 0.2) is 0 Å². The summed E-state index contributed by atoms with van der Waals surface area (Å²) < 4.78 is 10.6. The normalized spacial score (nSPS) is 25.1. The summed E-state index contributed by atoms with van der Waals surface area (Å²) in [6.07, 6.45) is 5.55. The molecule has 0 saturated heterocycles. The molecule has 0 radical (unpaired) electrons. The molecule has 1 saturated carbocycles. The predicted molar refractivity (Wildman–Crippen MR) is 105 cm³/mol. The number of aryl methyl sites for hydroxylation is 1. The zero-order valence-electron chi connectivity index (χ0n) is 17.3. The fraction of sp³-hybridized carbons (Fsp3) is 0.652. The SMILES string of the molecule is COC(=O)CCc1cc2c(c(C(C)(C)C)c1)OC(=O)C2C1CCCC(C)C1. The van der Waals surface area contributed by atoms with Gasteiger partial charge in [-0.15, -0.1) is 0 Å². The van der Waals surface area contributed by atoms with Crippen LogP contribution in [0.2, 0.25) is 0 Å². The molecule has 4 heteroatoms. The maximum atomic E-state index is 12.8. The summed E-state index contributed by atoms with van der Waals surface area (Å²) in [7, 11) is 1.42. The zero-order chi connectivity index (χ0) is 19.8. The molecule has 1 fully saturated rings. The molecule has 0 N–H and O–H groups in total. The molecular weight excluding hydrogens is 340 g/mol. The van der Waals surface area contributed by atoms with Gasteiger partial charge >= 0.3 is 11.9 Å². The van der Waals surface area contributed by atoms with Crippen molar-refractivity contribution in [2.45, 2.75) is 77.6 Å². The predicted octanol–water partition coefficient (Wildman–Crippen LogP) is 4.92. The Morgan fingerprint density at radius 1 is 1.26 bits per heavy atom. The summed E-state index contributed by atoms with van der Waals surface area (Å²) in [5, 5.41) is 0. The first-order chi connectivity index (χ1) is 12.7. The number of ether oxygens (including phenoxy) is 2. The summed E-state index contributed by atoms with van der Waals surface area (Å²) in [6, 6.07) is 4.20. The van der Waals surface area contributed by atoms with Gasteiger partial charge in [-0.3, -0.25) is 9.59 Å². The Morgan fingerprint density at radius 3 is 2.63 bits per heavy atom. The van der Waals surface area contributed by atoms with E-state index >= 15 is 0 Å². The van der Waals surface area contributed by atoms with Gasteiger partial charge in [-0.05, 0) is 42.1 Å². The lowest BCUT2D eigenvalue weighted by atomic mass is 9.72. The van der Waals surface area contributed by atoms with Crippen molar-refractivity contribution in [2.75, 3.05) is 7.11 Å². The summed E-state index contributed by atoms with van der Waals surface area (Å²) in [5.41, 5.74) is 3.03. The monoisotopic (exact) mass is 372 g/mol. The summed E-state index contributed by atoms with van der Waals surface area (Å²) in [4.78, 5) is 24.4. The van der Waals surface area contributed by atoms with Crippen LogP contribution in [0.15, 0.2) is 12.1 Å². The van der Waals surface area contributed by atoms with Crippen LogP contribution in [0.1, 0.15) is 82.4 Å². The second kappa shape index (κ2) is 7.65. The van der Waals surface area contributed by atoms with Crippen molar-refractivity contribution in [1.29, 1.82) is 0 Å². The minimum Gasteiger partial charge on any atom is -0.469 e. The molecule has 3 unspecified atom stereocenters. The second-order valence-electron chi connectivity index (χ2n) is 9.32. The number of rotatable bonds is 4. The van der Waals surface area contributed by atoms with Crippen LogP contribution < -0.4 is 4.74 Å². The van der Waals surface area contributed by atoms with E-state index in [2.05, 4.69) is 39.8 Å². The Balaban J connectivity index is 2.00. The number of esters is 2. The van der Waals surface area contributed by atoms with E-state index in [1.165, 1.54) is 20.0 Å². The van der Waals surface area contributed by atoms with Crippen molar-refractivity contribution in [1.82, 2.24) is 0 Å². The molecule has 3 atom stereocenters. The lowest BCUT2D eigenvalue weighted by molar-refractivity contribution is -0.140. The molecule has 27 heavy (non-hydrogen) atoms. The van der Waals surface area contributed by atoms with Gasteiger partial charge in [0.2, 0.25) is 0 Å². The van der Waals surface area contributed by atoms with E-state index in [1.54, 1.807) is 0 Å². The van der Waals surface area contributed by atoms with Crippen LogP contribution in [0.25, 0.3) is 0 Å². The zero-order valence-corrected chi connectivity index (χ0v) is 17.3. The highest BCUT2D eigenvalue weighted by molar-refractivity contribution is 5.87. The smallest absolute Gasteiger partial charge is 0.319 e. The molecule has 3 rings (SSSR count). The number of fused-ring (bicyclic) bond motifs is 1. The van der Waals surface area contributed by atoms with E-state index in [0.29, 0.717) is 24.7 Å². The quantitative estimate of drug-likeness (QED) is 0.556. The molecule has 1 aliphatic heterocycles. The first-order valence-electron chi connectivity index (χ1n) is 10.2. The van der Waals surface area contributed by atoms with Crippen LogP contribution in [0, 0.1) is 11.8 Å². The van der Waals surface area contributed by atoms with Crippen LogP contribution in [-0.2, 0) is 26.2 Å². The average Bonchev–Trinajstić information content (AvgIpc) is 2.93. The fourth-order valence-corrected chi connectivity index (χ4v) is 4.63. The van der Waals surface area contributed by atoms with E-state index in [9.17, 15) is 9.59 Å². The van der Waals surface area contributed by atoms with E-state index in [-0.39, 0.29) is 23.3 Å². The first kappa shape index (κ1) is 19.9. The Morgan fingerprint density at radius 2 is 2.00 bits per heavy atom. The third kappa shape index (κ3) is 4.20. The van der Waals surface area contributed by atoms with Crippen molar-refractivity contribution in [3.05, 3.63) is 28.8 Å². The van der Waals surface area contributed by atoms with Crippen molar-refractivity contribution >= 4 is 11.9 Å². The number of carbonyl (C=O) groups excluding carboxylic acids is 2.